The summed E-state index contributed by atoms with van der Waals surface area (Å²) < 4.78 is 1.80. The fourth-order valence-corrected chi connectivity index (χ4v) is 2.51. The lowest BCUT2D eigenvalue weighted by Gasteiger charge is -2.07. The number of amides is 1. The van der Waals surface area contributed by atoms with Crippen LogP contribution >= 0.6 is 23.2 Å². The molecule has 0 saturated carbocycles. The topological polar surface area (TPSA) is 46.9 Å². The van der Waals surface area contributed by atoms with Crippen molar-refractivity contribution in [2.45, 2.75) is 20.4 Å². The van der Waals surface area contributed by atoms with Gasteiger partial charge in [-0.15, -0.1) is 0 Å². The molecule has 20 heavy (non-hydrogen) atoms. The summed E-state index contributed by atoms with van der Waals surface area (Å²) in [6.45, 7) is 4.31. The van der Waals surface area contributed by atoms with Crippen LogP contribution in [0.4, 0.5) is 0 Å². The first-order valence-electron chi connectivity index (χ1n) is 6.12. The van der Waals surface area contributed by atoms with Crippen LogP contribution in [-0.4, -0.2) is 15.7 Å². The molecule has 1 aromatic heterocycles. The van der Waals surface area contributed by atoms with Crippen molar-refractivity contribution in [1.29, 1.82) is 0 Å². The Balaban J connectivity index is 2.12. The molecule has 0 unspecified atom stereocenters. The van der Waals surface area contributed by atoms with E-state index in [1.807, 2.05) is 20.9 Å². The lowest BCUT2D eigenvalue weighted by Crippen LogP contribution is -2.23. The van der Waals surface area contributed by atoms with Crippen LogP contribution < -0.4 is 5.32 Å². The predicted molar refractivity (Wildman–Crippen MR) is 80.3 cm³/mol. The molecule has 0 aliphatic carbocycles. The van der Waals surface area contributed by atoms with E-state index in [-0.39, 0.29) is 5.91 Å². The van der Waals surface area contributed by atoms with E-state index >= 15 is 0 Å². The number of hydrogen-bond acceptors (Lipinski definition) is 2. The fourth-order valence-electron chi connectivity index (χ4n) is 2.01. The largest absolute Gasteiger partial charge is 0.348 e. The number of halogens is 2. The molecule has 6 heteroatoms. The number of nitrogens with one attached hydrogen (secondary N) is 1. The highest BCUT2D eigenvalue weighted by Crippen LogP contribution is 2.21. The van der Waals surface area contributed by atoms with E-state index in [1.165, 1.54) is 0 Å². The molecular formula is C14H15Cl2N3O. The van der Waals surface area contributed by atoms with E-state index in [9.17, 15) is 4.79 Å². The molecule has 0 atom stereocenters. The normalized spacial score (nSPS) is 10.7. The highest BCUT2D eigenvalue weighted by molar-refractivity contribution is 6.36. The number of aryl methyl sites for hydroxylation is 2. The molecule has 1 heterocycles. The van der Waals surface area contributed by atoms with Crippen LogP contribution in [0.5, 0.6) is 0 Å². The van der Waals surface area contributed by atoms with E-state index in [0.29, 0.717) is 22.2 Å². The zero-order valence-corrected chi connectivity index (χ0v) is 13.0. The Hall–Kier alpha value is -1.52. The predicted octanol–water partition coefficient (Wildman–Crippen LogP) is 3.27. The minimum Gasteiger partial charge on any atom is -0.348 e. The maximum Gasteiger partial charge on any atom is 0.253 e. The van der Waals surface area contributed by atoms with E-state index < -0.39 is 0 Å². The minimum atomic E-state index is -0.227. The van der Waals surface area contributed by atoms with Gasteiger partial charge in [0.25, 0.3) is 5.91 Å². The average Bonchev–Trinajstić information content (AvgIpc) is 2.61. The molecular weight excluding hydrogens is 297 g/mol. The monoisotopic (exact) mass is 311 g/mol. The zero-order valence-electron chi connectivity index (χ0n) is 11.5. The lowest BCUT2D eigenvalue weighted by atomic mass is 10.1. The second-order valence-corrected chi connectivity index (χ2v) is 5.42. The maximum absolute atomic E-state index is 12.1. The highest BCUT2D eigenvalue weighted by atomic mass is 35.5. The molecule has 0 aliphatic rings. The van der Waals surface area contributed by atoms with Gasteiger partial charge in [0.2, 0.25) is 0 Å². The Kier molecular flexibility index (Phi) is 4.35. The first-order valence-corrected chi connectivity index (χ1v) is 6.88. The first kappa shape index (κ1) is 14.9. The Morgan fingerprint density at radius 2 is 2.05 bits per heavy atom. The number of nitrogens with zero attached hydrogens (tertiary/aromatic N) is 2. The second-order valence-electron chi connectivity index (χ2n) is 4.58. The van der Waals surface area contributed by atoms with Gasteiger partial charge in [-0.25, -0.2) is 0 Å². The smallest absolute Gasteiger partial charge is 0.253 e. The van der Waals surface area contributed by atoms with E-state index in [1.54, 1.807) is 22.9 Å². The second kappa shape index (κ2) is 5.85. The van der Waals surface area contributed by atoms with Crippen molar-refractivity contribution in [3.8, 4) is 0 Å². The number of rotatable bonds is 3. The van der Waals surface area contributed by atoms with Gasteiger partial charge in [-0.3, -0.25) is 9.48 Å². The average molecular weight is 312 g/mol. The summed E-state index contributed by atoms with van der Waals surface area (Å²) in [6, 6.07) is 4.81. The summed E-state index contributed by atoms with van der Waals surface area (Å²) in [6.07, 6.45) is 0. The van der Waals surface area contributed by atoms with Gasteiger partial charge in [0.15, 0.2) is 0 Å². The van der Waals surface area contributed by atoms with Gasteiger partial charge in [0.05, 0.1) is 16.3 Å². The van der Waals surface area contributed by atoms with Crippen molar-refractivity contribution >= 4 is 29.1 Å². The molecule has 0 spiro atoms. The SMILES string of the molecule is Cc1nn(C)c(C)c1CNC(=O)c1ccc(Cl)cc1Cl. The molecule has 2 rings (SSSR count). The Bertz CT molecular complexity index is 665. The van der Waals surface area contributed by atoms with Crippen molar-refractivity contribution in [2.24, 2.45) is 7.05 Å². The van der Waals surface area contributed by atoms with Gasteiger partial charge < -0.3 is 5.32 Å². The molecule has 0 bridgehead atoms. The van der Waals surface area contributed by atoms with Crippen LogP contribution in [0.2, 0.25) is 10.0 Å². The number of carbonyl (C=O) groups is 1. The first-order chi connectivity index (χ1) is 9.40. The van der Waals surface area contributed by atoms with Crippen LogP contribution in [0.1, 0.15) is 27.3 Å². The molecule has 4 nitrogen and oxygen atoms in total. The van der Waals surface area contributed by atoms with Crippen molar-refractivity contribution in [3.63, 3.8) is 0 Å². The van der Waals surface area contributed by atoms with Gasteiger partial charge in [0, 0.05) is 29.9 Å². The van der Waals surface area contributed by atoms with Crippen LogP contribution in [0.15, 0.2) is 18.2 Å². The summed E-state index contributed by atoms with van der Waals surface area (Å²) in [5.74, 6) is -0.227. The van der Waals surface area contributed by atoms with Crippen molar-refractivity contribution in [2.75, 3.05) is 0 Å². The molecule has 0 aliphatic heterocycles. The van der Waals surface area contributed by atoms with Gasteiger partial charge in [0.1, 0.15) is 0 Å². The number of hydrogen-bond donors (Lipinski definition) is 1. The third kappa shape index (κ3) is 2.97. The summed E-state index contributed by atoms with van der Waals surface area (Å²) >= 11 is 11.8. The fraction of sp³-hybridized carbons (Fsp3) is 0.286. The Morgan fingerprint density at radius 1 is 1.35 bits per heavy atom. The van der Waals surface area contributed by atoms with Gasteiger partial charge >= 0.3 is 0 Å². The van der Waals surface area contributed by atoms with Crippen LogP contribution in [0.3, 0.4) is 0 Å². The van der Waals surface area contributed by atoms with Crippen LogP contribution in [0, 0.1) is 13.8 Å². The number of carbonyl (C=O) groups excluding carboxylic acids is 1. The summed E-state index contributed by atoms with van der Waals surface area (Å²) in [5, 5.41) is 8.01. The Labute approximate surface area is 127 Å². The molecule has 1 aromatic carbocycles. The standard InChI is InChI=1S/C14H15Cl2N3O/c1-8-12(9(2)19(3)18-8)7-17-14(20)11-5-4-10(15)6-13(11)16/h4-6H,7H2,1-3H3,(H,17,20). The third-order valence-electron chi connectivity index (χ3n) is 3.26. The molecule has 1 N–H and O–H groups in total. The summed E-state index contributed by atoms with van der Waals surface area (Å²) in [4.78, 5) is 12.1. The lowest BCUT2D eigenvalue weighted by molar-refractivity contribution is 0.0951. The summed E-state index contributed by atoms with van der Waals surface area (Å²) in [5.41, 5.74) is 3.37. The highest BCUT2D eigenvalue weighted by Gasteiger charge is 2.13. The number of benzene rings is 1. The minimum absolute atomic E-state index is 0.227. The van der Waals surface area contributed by atoms with Gasteiger partial charge in [-0.1, -0.05) is 23.2 Å². The van der Waals surface area contributed by atoms with Crippen molar-refractivity contribution in [3.05, 3.63) is 50.8 Å². The molecule has 1 amide bonds. The van der Waals surface area contributed by atoms with Gasteiger partial charge in [-0.2, -0.15) is 5.10 Å². The molecule has 0 radical (unpaired) electrons. The summed E-state index contributed by atoms with van der Waals surface area (Å²) in [7, 11) is 1.88. The zero-order chi connectivity index (χ0) is 14.9. The molecule has 106 valence electrons. The van der Waals surface area contributed by atoms with E-state index in [4.69, 9.17) is 23.2 Å². The maximum atomic E-state index is 12.1. The van der Waals surface area contributed by atoms with Crippen LogP contribution in [-0.2, 0) is 13.6 Å². The van der Waals surface area contributed by atoms with Crippen LogP contribution in [0.25, 0.3) is 0 Å². The van der Waals surface area contributed by atoms with Crippen molar-refractivity contribution < 1.29 is 4.79 Å². The van der Waals surface area contributed by atoms with E-state index in [0.717, 1.165) is 17.0 Å². The molecule has 0 saturated heterocycles. The van der Waals surface area contributed by atoms with Crippen molar-refractivity contribution in [1.82, 2.24) is 15.1 Å². The van der Waals surface area contributed by atoms with Gasteiger partial charge in [-0.05, 0) is 32.0 Å². The number of aromatic nitrogens is 2. The quantitative estimate of drug-likeness (QED) is 0.945. The molecule has 2 aromatic rings. The van der Waals surface area contributed by atoms with E-state index in [2.05, 4.69) is 10.4 Å². The third-order valence-corrected chi connectivity index (χ3v) is 3.81. The Morgan fingerprint density at radius 3 is 2.60 bits per heavy atom. The molecule has 0 fully saturated rings.